The molecule has 1 spiro atoms. The van der Waals surface area contributed by atoms with Crippen molar-refractivity contribution in [2.45, 2.75) is 31.3 Å². The van der Waals surface area contributed by atoms with Gasteiger partial charge in [0, 0.05) is 20.1 Å². The first-order valence-electron chi connectivity index (χ1n) is 8.42. The monoisotopic (exact) mass is 334 g/mol. The van der Waals surface area contributed by atoms with Gasteiger partial charge in [-0.05, 0) is 37.0 Å². The Kier molecular flexibility index (Phi) is 4.85. The Morgan fingerprint density at radius 3 is 2.96 bits per heavy atom. The molecular formula is C18H23FN2O3. The van der Waals surface area contributed by atoms with Gasteiger partial charge in [0.05, 0.1) is 19.6 Å². The van der Waals surface area contributed by atoms with Crippen molar-refractivity contribution in [2.75, 3.05) is 33.3 Å². The maximum absolute atomic E-state index is 13.3. The average molecular weight is 334 g/mol. The number of amides is 2. The van der Waals surface area contributed by atoms with Crippen LogP contribution in [0, 0.1) is 5.82 Å². The Morgan fingerprint density at radius 2 is 2.17 bits per heavy atom. The van der Waals surface area contributed by atoms with E-state index >= 15 is 0 Å². The highest BCUT2D eigenvalue weighted by Gasteiger charge is 2.46. The summed E-state index contributed by atoms with van der Waals surface area (Å²) in [6.07, 6.45) is 2.63. The molecule has 6 heteroatoms. The predicted molar refractivity (Wildman–Crippen MR) is 86.9 cm³/mol. The van der Waals surface area contributed by atoms with Crippen molar-refractivity contribution in [3.63, 3.8) is 0 Å². The van der Waals surface area contributed by atoms with Crippen molar-refractivity contribution in [3.05, 3.63) is 35.6 Å². The molecule has 0 aliphatic carbocycles. The molecule has 3 rings (SSSR count). The van der Waals surface area contributed by atoms with Crippen molar-refractivity contribution in [1.82, 2.24) is 9.80 Å². The molecule has 24 heavy (non-hydrogen) atoms. The van der Waals surface area contributed by atoms with Gasteiger partial charge in [0.15, 0.2) is 5.60 Å². The molecule has 2 aliphatic rings. The number of likely N-dealkylation sites (tertiary alicyclic amines) is 1. The van der Waals surface area contributed by atoms with Crippen LogP contribution in [0.2, 0.25) is 0 Å². The zero-order valence-corrected chi connectivity index (χ0v) is 14.0. The standard InChI is InChI=1S/C18H23FN2O3/c1-20-8-3-2-7-18(17(20)23)13-21(9-10-24-18)16(22)12-14-5-4-6-15(19)11-14/h4-6,11H,2-3,7-10,12-13H2,1H3. The van der Waals surface area contributed by atoms with E-state index < -0.39 is 5.60 Å². The molecule has 1 atom stereocenters. The lowest BCUT2D eigenvalue weighted by Crippen LogP contribution is -2.60. The zero-order valence-electron chi connectivity index (χ0n) is 14.0. The number of rotatable bonds is 2. The molecule has 2 amide bonds. The topological polar surface area (TPSA) is 49.9 Å². The van der Waals surface area contributed by atoms with Gasteiger partial charge in [0.25, 0.3) is 5.91 Å². The normalized spacial score (nSPS) is 25.0. The van der Waals surface area contributed by atoms with E-state index in [0.29, 0.717) is 25.1 Å². The van der Waals surface area contributed by atoms with Crippen LogP contribution in [0.3, 0.4) is 0 Å². The van der Waals surface area contributed by atoms with Crippen molar-refractivity contribution < 1.29 is 18.7 Å². The van der Waals surface area contributed by atoms with Crippen molar-refractivity contribution in [1.29, 1.82) is 0 Å². The Hall–Kier alpha value is -1.95. The number of benzene rings is 1. The number of likely N-dealkylation sites (N-methyl/N-ethyl adjacent to an activating group) is 1. The van der Waals surface area contributed by atoms with Crippen LogP contribution < -0.4 is 0 Å². The van der Waals surface area contributed by atoms with Crippen molar-refractivity contribution >= 4 is 11.8 Å². The van der Waals surface area contributed by atoms with Gasteiger partial charge < -0.3 is 14.5 Å². The van der Waals surface area contributed by atoms with Crippen LogP contribution in [0.5, 0.6) is 0 Å². The molecular weight excluding hydrogens is 311 g/mol. The summed E-state index contributed by atoms with van der Waals surface area (Å²) in [5.41, 5.74) is -0.272. The molecule has 0 aromatic heterocycles. The lowest BCUT2D eigenvalue weighted by atomic mass is 9.94. The fraction of sp³-hybridized carbons (Fsp3) is 0.556. The Bertz CT molecular complexity index is 636. The summed E-state index contributed by atoms with van der Waals surface area (Å²) in [7, 11) is 1.78. The second-order valence-corrected chi connectivity index (χ2v) is 6.65. The third kappa shape index (κ3) is 3.43. The number of halogens is 1. The number of carbonyl (C=O) groups excluding carboxylic acids is 2. The minimum atomic E-state index is -0.916. The summed E-state index contributed by atoms with van der Waals surface area (Å²) < 4.78 is 19.2. The molecule has 1 aromatic carbocycles. The Labute approximate surface area is 141 Å². The minimum absolute atomic E-state index is 0.0387. The molecule has 2 saturated heterocycles. The van der Waals surface area contributed by atoms with Crippen LogP contribution >= 0.6 is 0 Å². The van der Waals surface area contributed by atoms with Gasteiger partial charge in [-0.15, -0.1) is 0 Å². The lowest BCUT2D eigenvalue weighted by molar-refractivity contribution is -0.173. The smallest absolute Gasteiger partial charge is 0.256 e. The highest BCUT2D eigenvalue weighted by atomic mass is 19.1. The summed E-state index contributed by atoms with van der Waals surface area (Å²) in [4.78, 5) is 28.7. The number of hydrogen-bond acceptors (Lipinski definition) is 3. The highest BCUT2D eigenvalue weighted by Crippen LogP contribution is 2.29. The molecule has 2 fully saturated rings. The number of ether oxygens (including phenoxy) is 1. The quantitative estimate of drug-likeness (QED) is 0.826. The summed E-state index contributed by atoms with van der Waals surface area (Å²) in [5, 5.41) is 0. The van der Waals surface area contributed by atoms with E-state index in [0.717, 1.165) is 19.4 Å². The molecule has 1 aromatic rings. The second kappa shape index (κ2) is 6.89. The molecule has 0 radical (unpaired) electrons. The third-order valence-electron chi connectivity index (χ3n) is 4.84. The van der Waals surface area contributed by atoms with E-state index in [1.54, 1.807) is 29.0 Å². The molecule has 0 saturated carbocycles. The second-order valence-electron chi connectivity index (χ2n) is 6.65. The van der Waals surface area contributed by atoms with Crippen molar-refractivity contribution in [2.24, 2.45) is 0 Å². The van der Waals surface area contributed by atoms with E-state index in [1.807, 2.05) is 0 Å². The summed E-state index contributed by atoms with van der Waals surface area (Å²) >= 11 is 0. The number of carbonyl (C=O) groups is 2. The molecule has 0 bridgehead atoms. The van der Waals surface area contributed by atoms with Crippen LogP contribution in [0.25, 0.3) is 0 Å². The third-order valence-corrected chi connectivity index (χ3v) is 4.84. The van der Waals surface area contributed by atoms with Gasteiger partial charge in [0.1, 0.15) is 5.82 Å². The molecule has 2 heterocycles. The lowest BCUT2D eigenvalue weighted by Gasteiger charge is -2.42. The zero-order chi connectivity index (χ0) is 17.2. The van der Waals surface area contributed by atoms with E-state index in [2.05, 4.69) is 0 Å². The van der Waals surface area contributed by atoms with Gasteiger partial charge >= 0.3 is 0 Å². The molecule has 1 unspecified atom stereocenters. The van der Waals surface area contributed by atoms with Gasteiger partial charge in [-0.1, -0.05) is 12.1 Å². The predicted octanol–water partition coefficient (Wildman–Crippen LogP) is 1.61. The summed E-state index contributed by atoms with van der Waals surface area (Å²) in [6, 6.07) is 6.07. The van der Waals surface area contributed by atoms with Gasteiger partial charge in [-0.3, -0.25) is 9.59 Å². The minimum Gasteiger partial charge on any atom is -0.361 e. The largest absolute Gasteiger partial charge is 0.361 e. The number of hydrogen-bond donors (Lipinski definition) is 0. The van der Waals surface area contributed by atoms with Gasteiger partial charge in [-0.2, -0.15) is 0 Å². The van der Waals surface area contributed by atoms with Crippen LogP contribution in [0.1, 0.15) is 24.8 Å². The van der Waals surface area contributed by atoms with E-state index in [1.165, 1.54) is 12.1 Å². The first-order valence-corrected chi connectivity index (χ1v) is 8.42. The van der Waals surface area contributed by atoms with Crippen molar-refractivity contribution in [3.8, 4) is 0 Å². The molecule has 130 valence electrons. The molecule has 5 nitrogen and oxygen atoms in total. The maximum atomic E-state index is 13.3. The fourth-order valence-electron chi connectivity index (χ4n) is 3.53. The average Bonchev–Trinajstić information content (AvgIpc) is 2.69. The molecule has 2 aliphatic heterocycles. The highest BCUT2D eigenvalue weighted by molar-refractivity contribution is 5.87. The SMILES string of the molecule is CN1CCCCC2(CN(C(=O)Cc3cccc(F)c3)CCO2)C1=O. The van der Waals surface area contributed by atoms with E-state index in [4.69, 9.17) is 4.74 Å². The Morgan fingerprint density at radius 1 is 1.33 bits per heavy atom. The van der Waals surface area contributed by atoms with Crippen LogP contribution in [-0.2, 0) is 20.7 Å². The number of morpholine rings is 1. The van der Waals surface area contributed by atoms with Crippen LogP contribution in [0.4, 0.5) is 4.39 Å². The first-order chi connectivity index (χ1) is 11.5. The number of nitrogens with zero attached hydrogens (tertiary/aromatic N) is 2. The summed E-state index contributed by atoms with van der Waals surface area (Å²) in [6.45, 7) is 1.83. The fourth-order valence-corrected chi connectivity index (χ4v) is 3.53. The van der Waals surface area contributed by atoms with E-state index in [9.17, 15) is 14.0 Å². The molecule has 0 N–H and O–H groups in total. The van der Waals surface area contributed by atoms with Gasteiger partial charge in [0.2, 0.25) is 5.91 Å². The maximum Gasteiger partial charge on any atom is 0.256 e. The first kappa shape index (κ1) is 16.9. The van der Waals surface area contributed by atoms with E-state index in [-0.39, 0.29) is 30.6 Å². The van der Waals surface area contributed by atoms with Gasteiger partial charge in [-0.25, -0.2) is 4.39 Å². The van der Waals surface area contributed by atoms with Crippen LogP contribution in [0.15, 0.2) is 24.3 Å². The van der Waals surface area contributed by atoms with Crippen LogP contribution in [-0.4, -0.2) is 60.5 Å². The summed E-state index contributed by atoms with van der Waals surface area (Å²) in [5.74, 6) is -0.481. The Balaban J connectivity index is 1.72.